The molecule has 16 heavy (non-hydrogen) atoms. The third-order valence-electron chi connectivity index (χ3n) is 2.11. The van der Waals surface area contributed by atoms with Crippen LogP contribution in [0.5, 0.6) is 0 Å². The molecule has 88 valence electrons. The average Bonchev–Trinajstić information content (AvgIpc) is 2.27. The van der Waals surface area contributed by atoms with Gasteiger partial charge in [-0.2, -0.15) is 5.10 Å². The Balaban J connectivity index is 2.43. The molecule has 0 aliphatic carbocycles. The van der Waals surface area contributed by atoms with Crippen molar-refractivity contribution >= 4 is 5.71 Å². The summed E-state index contributed by atoms with van der Waals surface area (Å²) in [4.78, 5) is 4.08. The molecule has 1 rings (SSSR count). The fourth-order valence-electron chi connectivity index (χ4n) is 1.42. The fraction of sp³-hybridized carbons (Fsp3) is 0.500. The van der Waals surface area contributed by atoms with Crippen molar-refractivity contribution in [3.05, 3.63) is 30.1 Å². The lowest BCUT2D eigenvalue weighted by Gasteiger charge is -2.14. The van der Waals surface area contributed by atoms with Crippen LogP contribution in [0.1, 0.15) is 19.4 Å². The SMILES string of the molecule is CCNC/C(C)=N/N(C)Cc1cccnc1. The van der Waals surface area contributed by atoms with Gasteiger partial charge in [-0.05, 0) is 25.1 Å². The molecule has 0 atom stereocenters. The monoisotopic (exact) mass is 220 g/mol. The van der Waals surface area contributed by atoms with E-state index < -0.39 is 0 Å². The summed E-state index contributed by atoms with van der Waals surface area (Å²) < 4.78 is 0. The number of pyridine rings is 1. The van der Waals surface area contributed by atoms with Gasteiger partial charge >= 0.3 is 0 Å². The van der Waals surface area contributed by atoms with Crippen molar-refractivity contribution in [2.24, 2.45) is 5.10 Å². The maximum absolute atomic E-state index is 4.47. The molecule has 0 aliphatic rings. The Morgan fingerprint density at radius 2 is 2.38 bits per heavy atom. The van der Waals surface area contributed by atoms with Gasteiger partial charge in [0.1, 0.15) is 0 Å². The molecule has 0 unspecified atom stereocenters. The molecule has 0 bridgehead atoms. The van der Waals surface area contributed by atoms with Crippen LogP contribution in [-0.4, -0.2) is 35.8 Å². The van der Waals surface area contributed by atoms with Crippen LogP contribution in [0.2, 0.25) is 0 Å². The van der Waals surface area contributed by atoms with Crippen molar-refractivity contribution in [1.29, 1.82) is 0 Å². The van der Waals surface area contributed by atoms with E-state index in [0.717, 1.165) is 25.3 Å². The van der Waals surface area contributed by atoms with Crippen molar-refractivity contribution in [3.63, 3.8) is 0 Å². The Bertz CT molecular complexity index is 321. The highest BCUT2D eigenvalue weighted by molar-refractivity contribution is 5.83. The van der Waals surface area contributed by atoms with Crippen molar-refractivity contribution in [1.82, 2.24) is 15.3 Å². The summed E-state index contributed by atoms with van der Waals surface area (Å²) in [6, 6.07) is 4.00. The predicted octanol–water partition coefficient (Wildman–Crippen LogP) is 1.50. The molecule has 1 aromatic heterocycles. The first-order chi connectivity index (χ1) is 7.72. The van der Waals surface area contributed by atoms with Crippen molar-refractivity contribution in [2.75, 3.05) is 20.1 Å². The van der Waals surface area contributed by atoms with Crippen molar-refractivity contribution < 1.29 is 0 Å². The number of aromatic nitrogens is 1. The lowest BCUT2D eigenvalue weighted by molar-refractivity contribution is 0.345. The van der Waals surface area contributed by atoms with Crippen LogP contribution in [0, 0.1) is 0 Å². The van der Waals surface area contributed by atoms with E-state index in [1.807, 2.05) is 31.2 Å². The zero-order chi connectivity index (χ0) is 11.8. The molecule has 0 saturated carbocycles. The van der Waals surface area contributed by atoms with E-state index in [4.69, 9.17) is 0 Å². The largest absolute Gasteiger partial charge is 0.312 e. The summed E-state index contributed by atoms with van der Waals surface area (Å²) in [5.74, 6) is 0. The molecule has 0 radical (unpaired) electrons. The van der Waals surface area contributed by atoms with Crippen LogP contribution >= 0.6 is 0 Å². The second kappa shape index (κ2) is 6.95. The molecule has 4 heteroatoms. The summed E-state index contributed by atoms with van der Waals surface area (Å²) in [5.41, 5.74) is 2.26. The Morgan fingerprint density at radius 1 is 1.56 bits per heavy atom. The molecule has 1 aromatic rings. The minimum atomic E-state index is 0.789. The van der Waals surface area contributed by atoms with Crippen LogP contribution in [0.25, 0.3) is 0 Å². The summed E-state index contributed by atoms with van der Waals surface area (Å²) in [5, 5.41) is 9.65. The van der Waals surface area contributed by atoms with E-state index in [1.54, 1.807) is 6.20 Å². The lowest BCUT2D eigenvalue weighted by atomic mass is 10.3. The summed E-state index contributed by atoms with van der Waals surface area (Å²) in [7, 11) is 1.97. The van der Waals surface area contributed by atoms with Crippen molar-refractivity contribution in [2.45, 2.75) is 20.4 Å². The van der Waals surface area contributed by atoms with E-state index in [2.05, 4.69) is 28.4 Å². The summed E-state index contributed by atoms with van der Waals surface area (Å²) in [6.45, 7) is 6.72. The smallest absolute Gasteiger partial charge is 0.0622 e. The van der Waals surface area contributed by atoms with E-state index in [0.29, 0.717) is 0 Å². The molecule has 1 heterocycles. The minimum Gasteiger partial charge on any atom is -0.312 e. The first kappa shape index (κ1) is 12.6. The summed E-state index contributed by atoms with van der Waals surface area (Å²) >= 11 is 0. The van der Waals surface area contributed by atoms with E-state index in [9.17, 15) is 0 Å². The van der Waals surface area contributed by atoms with Crippen LogP contribution in [0.3, 0.4) is 0 Å². The van der Waals surface area contributed by atoms with Gasteiger partial charge in [-0.1, -0.05) is 13.0 Å². The van der Waals surface area contributed by atoms with Crippen LogP contribution < -0.4 is 5.32 Å². The molecular formula is C12H20N4. The number of hydrazone groups is 1. The highest BCUT2D eigenvalue weighted by Crippen LogP contribution is 2.00. The van der Waals surface area contributed by atoms with Gasteiger partial charge in [-0.3, -0.25) is 9.99 Å². The first-order valence-corrected chi connectivity index (χ1v) is 5.57. The van der Waals surface area contributed by atoms with Gasteiger partial charge in [-0.15, -0.1) is 0 Å². The molecule has 0 spiro atoms. The van der Waals surface area contributed by atoms with Crippen LogP contribution in [0.15, 0.2) is 29.6 Å². The normalized spacial score (nSPS) is 11.6. The second-order valence-corrected chi connectivity index (χ2v) is 3.79. The lowest BCUT2D eigenvalue weighted by Crippen LogP contribution is -2.23. The minimum absolute atomic E-state index is 0.789. The van der Waals surface area contributed by atoms with Gasteiger partial charge in [0.15, 0.2) is 0 Å². The first-order valence-electron chi connectivity index (χ1n) is 5.57. The van der Waals surface area contributed by atoms with Gasteiger partial charge < -0.3 is 5.32 Å². The average molecular weight is 220 g/mol. The molecule has 0 aliphatic heterocycles. The number of hydrogen-bond acceptors (Lipinski definition) is 4. The van der Waals surface area contributed by atoms with Gasteiger partial charge in [0.25, 0.3) is 0 Å². The summed E-state index contributed by atoms with van der Waals surface area (Å²) in [6.07, 6.45) is 3.65. The Kier molecular flexibility index (Phi) is 5.50. The molecule has 1 N–H and O–H groups in total. The Morgan fingerprint density at radius 3 is 3.00 bits per heavy atom. The number of nitrogens with one attached hydrogen (secondary N) is 1. The zero-order valence-electron chi connectivity index (χ0n) is 10.3. The number of hydrogen-bond donors (Lipinski definition) is 1. The quantitative estimate of drug-likeness (QED) is 0.583. The Labute approximate surface area is 97.4 Å². The van der Waals surface area contributed by atoms with E-state index >= 15 is 0 Å². The number of nitrogens with zero attached hydrogens (tertiary/aromatic N) is 3. The maximum Gasteiger partial charge on any atom is 0.0622 e. The van der Waals surface area contributed by atoms with Gasteiger partial charge in [0.2, 0.25) is 0 Å². The third kappa shape index (κ3) is 4.89. The maximum atomic E-state index is 4.47. The van der Waals surface area contributed by atoms with E-state index in [1.165, 1.54) is 5.56 Å². The van der Waals surface area contributed by atoms with Gasteiger partial charge in [-0.25, -0.2) is 0 Å². The van der Waals surface area contributed by atoms with Crippen molar-refractivity contribution in [3.8, 4) is 0 Å². The molecule has 0 fully saturated rings. The topological polar surface area (TPSA) is 40.5 Å². The fourth-order valence-corrected chi connectivity index (χ4v) is 1.42. The van der Waals surface area contributed by atoms with Crippen LogP contribution in [0.4, 0.5) is 0 Å². The number of rotatable bonds is 6. The molecule has 0 amide bonds. The highest BCUT2D eigenvalue weighted by Gasteiger charge is 1.97. The van der Waals surface area contributed by atoms with Gasteiger partial charge in [0, 0.05) is 31.7 Å². The highest BCUT2D eigenvalue weighted by atomic mass is 15.4. The second-order valence-electron chi connectivity index (χ2n) is 3.79. The standard InChI is InChI=1S/C12H20N4/c1-4-13-8-11(2)15-16(3)10-12-6-5-7-14-9-12/h5-7,9,13H,4,8,10H2,1-3H3/b15-11+. The van der Waals surface area contributed by atoms with Gasteiger partial charge in [0.05, 0.1) is 6.54 Å². The Hall–Kier alpha value is -1.42. The van der Waals surface area contributed by atoms with Crippen LogP contribution in [-0.2, 0) is 6.54 Å². The molecule has 0 saturated heterocycles. The molecule has 0 aromatic carbocycles. The predicted molar refractivity (Wildman–Crippen MR) is 67.4 cm³/mol. The zero-order valence-corrected chi connectivity index (χ0v) is 10.3. The molecule has 4 nitrogen and oxygen atoms in total. The molecular weight excluding hydrogens is 200 g/mol. The van der Waals surface area contributed by atoms with E-state index in [-0.39, 0.29) is 0 Å². The third-order valence-corrected chi connectivity index (χ3v) is 2.11.